The monoisotopic (exact) mass is 286 g/mol. The Hall–Kier alpha value is -2.01. The predicted molar refractivity (Wildman–Crippen MR) is 82.1 cm³/mol. The smallest absolute Gasteiger partial charge is 0.269 e. The number of nitrogens with one attached hydrogen (secondary N) is 1. The van der Waals surface area contributed by atoms with Gasteiger partial charge in [0.05, 0.1) is 11.0 Å². The van der Waals surface area contributed by atoms with E-state index in [4.69, 9.17) is 0 Å². The number of benzene rings is 2. The fourth-order valence-electron chi connectivity index (χ4n) is 2.38. The molecular formula is C15H14N2O2S. The van der Waals surface area contributed by atoms with E-state index >= 15 is 0 Å². The Morgan fingerprint density at radius 2 is 1.90 bits per heavy atom. The van der Waals surface area contributed by atoms with Gasteiger partial charge in [0.2, 0.25) is 0 Å². The lowest BCUT2D eigenvalue weighted by Gasteiger charge is -2.26. The number of hydrogen-bond donors (Lipinski definition) is 1. The average Bonchev–Trinajstić information content (AvgIpc) is 2.48. The van der Waals surface area contributed by atoms with Crippen LogP contribution in [0.1, 0.15) is 17.2 Å². The third kappa shape index (κ3) is 2.63. The first-order valence-corrected chi connectivity index (χ1v) is 7.56. The Morgan fingerprint density at radius 1 is 1.15 bits per heavy atom. The minimum atomic E-state index is -0.379. The summed E-state index contributed by atoms with van der Waals surface area (Å²) >= 11 is 1.90. The summed E-state index contributed by atoms with van der Waals surface area (Å²) in [6, 6.07) is 15.3. The predicted octanol–water partition coefficient (Wildman–Crippen LogP) is 3.99. The van der Waals surface area contributed by atoms with Crippen molar-refractivity contribution in [3.05, 3.63) is 69.8 Å². The van der Waals surface area contributed by atoms with E-state index in [9.17, 15) is 10.1 Å². The lowest BCUT2D eigenvalue weighted by atomic mass is 10.0. The molecular weight excluding hydrogens is 272 g/mol. The highest BCUT2D eigenvalue weighted by atomic mass is 32.2. The first kappa shape index (κ1) is 13.0. The molecule has 1 unspecified atom stereocenters. The molecule has 1 N–H and O–H groups in total. The second-order valence-electron chi connectivity index (χ2n) is 4.71. The summed E-state index contributed by atoms with van der Waals surface area (Å²) in [5.41, 5.74) is 3.72. The van der Waals surface area contributed by atoms with Crippen LogP contribution in [0.5, 0.6) is 0 Å². The van der Waals surface area contributed by atoms with Crippen LogP contribution in [0.2, 0.25) is 0 Å². The summed E-state index contributed by atoms with van der Waals surface area (Å²) in [5, 5.41) is 14.1. The van der Waals surface area contributed by atoms with Crippen molar-refractivity contribution >= 4 is 23.1 Å². The highest BCUT2D eigenvalue weighted by Crippen LogP contribution is 2.33. The van der Waals surface area contributed by atoms with Crippen LogP contribution >= 0.6 is 11.8 Å². The second-order valence-corrected chi connectivity index (χ2v) is 5.75. The molecule has 0 saturated carbocycles. The molecule has 102 valence electrons. The number of hydrogen-bond acceptors (Lipinski definition) is 4. The van der Waals surface area contributed by atoms with E-state index in [1.54, 1.807) is 12.1 Å². The fourth-order valence-corrected chi connectivity index (χ4v) is 3.48. The van der Waals surface area contributed by atoms with Gasteiger partial charge in [0, 0.05) is 29.3 Å². The molecule has 0 amide bonds. The summed E-state index contributed by atoms with van der Waals surface area (Å²) in [4.78, 5) is 10.3. The Labute approximate surface area is 121 Å². The molecule has 20 heavy (non-hydrogen) atoms. The standard InChI is InChI=1S/C15H14N2O2S/c18-17(19)13-7-5-12(6-8-13)16-15-10-20-9-11-3-1-2-4-14(11)15/h1-8,15-16H,9-10H2. The van der Waals surface area contributed by atoms with E-state index < -0.39 is 0 Å². The molecule has 0 bridgehead atoms. The lowest BCUT2D eigenvalue weighted by molar-refractivity contribution is -0.384. The summed E-state index contributed by atoms with van der Waals surface area (Å²) in [7, 11) is 0. The van der Waals surface area contributed by atoms with Crippen LogP contribution in [-0.2, 0) is 5.75 Å². The largest absolute Gasteiger partial charge is 0.377 e. The zero-order valence-electron chi connectivity index (χ0n) is 10.8. The lowest BCUT2D eigenvalue weighted by Crippen LogP contribution is -2.18. The van der Waals surface area contributed by atoms with Crippen molar-refractivity contribution < 1.29 is 4.92 Å². The molecule has 2 aromatic rings. The summed E-state index contributed by atoms with van der Waals surface area (Å²) < 4.78 is 0. The number of nitro groups is 1. The highest BCUT2D eigenvalue weighted by Gasteiger charge is 2.19. The van der Waals surface area contributed by atoms with E-state index in [1.807, 2.05) is 11.8 Å². The maximum Gasteiger partial charge on any atom is 0.269 e. The normalized spacial score (nSPS) is 17.3. The Kier molecular flexibility index (Phi) is 3.60. The van der Waals surface area contributed by atoms with E-state index in [-0.39, 0.29) is 16.7 Å². The molecule has 4 nitrogen and oxygen atoms in total. The van der Waals surface area contributed by atoms with E-state index in [0.29, 0.717) is 0 Å². The van der Waals surface area contributed by atoms with Gasteiger partial charge in [0.25, 0.3) is 5.69 Å². The number of fused-ring (bicyclic) bond motifs is 1. The summed E-state index contributed by atoms with van der Waals surface area (Å²) in [6.45, 7) is 0. The van der Waals surface area contributed by atoms with E-state index in [0.717, 1.165) is 17.2 Å². The number of thioether (sulfide) groups is 1. The molecule has 1 heterocycles. The topological polar surface area (TPSA) is 55.2 Å². The van der Waals surface area contributed by atoms with E-state index in [2.05, 4.69) is 29.6 Å². The van der Waals surface area contributed by atoms with Crippen molar-refractivity contribution in [1.82, 2.24) is 0 Å². The molecule has 0 aromatic heterocycles. The molecule has 0 radical (unpaired) electrons. The van der Waals surface area contributed by atoms with Crippen molar-refractivity contribution in [3.63, 3.8) is 0 Å². The molecule has 0 aliphatic carbocycles. The van der Waals surface area contributed by atoms with Crippen molar-refractivity contribution in [2.24, 2.45) is 0 Å². The number of non-ortho nitro benzene ring substituents is 1. The number of nitrogens with zero attached hydrogens (tertiary/aromatic N) is 1. The Balaban J connectivity index is 1.80. The van der Waals surface area contributed by atoms with Crippen molar-refractivity contribution in [2.45, 2.75) is 11.8 Å². The van der Waals surface area contributed by atoms with Gasteiger partial charge in [-0.15, -0.1) is 0 Å². The zero-order chi connectivity index (χ0) is 13.9. The van der Waals surface area contributed by atoms with Crippen molar-refractivity contribution in [3.8, 4) is 0 Å². The summed E-state index contributed by atoms with van der Waals surface area (Å²) in [5.74, 6) is 2.06. The Morgan fingerprint density at radius 3 is 2.65 bits per heavy atom. The van der Waals surface area contributed by atoms with Crippen LogP contribution in [0.15, 0.2) is 48.5 Å². The second kappa shape index (κ2) is 5.54. The third-order valence-corrected chi connectivity index (χ3v) is 4.48. The van der Waals surface area contributed by atoms with Gasteiger partial charge in [-0.3, -0.25) is 10.1 Å². The van der Waals surface area contributed by atoms with Gasteiger partial charge in [-0.25, -0.2) is 0 Å². The molecule has 0 fully saturated rings. The van der Waals surface area contributed by atoms with Gasteiger partial charge in [-0.05, 0) is 23.3 Å². The van der Waals surface area contributed by atoms with Crippen LogP contribution in [-0.4, -0.2) is 10.7 Å². The molecule has 0 saturated heterocycles. The van der Waals surface area contributed by atoms with Crippen LogP contribution in [0, 0.1) is 10.1 Å². The minimum Gasteiger partial charge on any atom is -0.377 e. The fraction of sp³-hybridized carbons (Fsp3) is 0.200. The molecule has 5 heteroatoms. The van der Waals surface area contributed by atoms with E-state index in [1.165, 1.54) is 23.3 Å². The highest BCUT2D eigenvalue weighted by molar-refractivity contribution is 7.98. The molecule has 1 aliphatic heterocycles. The van der Waals surface area contributed by atoms with Crippen LogP contribution in [0.25, 0.3) is 0 Å². The van der Waals surface area contributed by atoms with Gasteiger partial charge >= 0.3 is 0 Å². The maximum atomic E-state index is 10.6. The SMILES string of the molecule is O=[N+]([O-])c1ccc(NC2CSCc3ccccc32)cc1. The summed E-state index contributed by atoms with van der Waals surface area (Å²) in [6.07, 6.45) is 0. The van der Waals surface area contributed by atoms with Crippen LogP contribution < -0.4 is 5.32 Å². The van der Waals surface area contributed by atoms with Gasteiger partial charge in [-0.2, -0.15) is 11.8 Å². The van der Waals surface area contributed by atoms with Gasteiger partial charge in [-0.1, -0.05) is 24.3 Å². The minimum absolute atomic E-state index is 0.119. The van der Waals surface area contributed by atoms with Gasteiger partial charge in [0.15, 0.2) is 0 Å². The maximum absolute atomic E-state index is 10.6. The van der Waals surface area contributed by atoms with Crippen molar-refractivity contribution in [1.29, 1.82) is 0 Å². The van der Waals surface area contributed by atoms with Gasteiger partial charge < -0.3 is 5.32 Å². The molecule has 1 atom stereocenters. The van der Waals surface area contributed by atoms with Crippen LogP contribution in [0.3, 0.4) is 0 Å². The first-order chi connectivity index (χ1) is 9.74. The molecule has 1 aliphatic rings. The molecule has 2 aromatic carbocycles. The number of rotatable bonds is 3. The third-order valence-electron chi connectivity index (χ3n) is 3.39. The first-order valence-electron chi connectivity index (χ1n) is 6.40. The Bertz CT molecular complexity index is 628. The van der Waals surface area contributed by atoms with Crippen molar-refractivity contribution in [2.75, 3.05) is 11.1 Å². The molecule has 0 spiro atoms. The average molecular weight is 286 g/mol. The zero-order valence-corrected chi connectivity index (χ0v) is 11.6. The number of anilines is 1. The van der Waals surface area contributed by atoms with Crippen LogP contribution in [0.4, 0.5) is 11.4 Å². The molecule has 3 rings (SSSR count). The van der Waals surface area contributed by atoms with Gasteiger partial charge in [0.1, 0.15) is 0 Å². The quantitative estimate of drug-likeness (QED) is 0.684. The number of nitro benzene ring substituents is 1.